The van der Waals surface area contributed by atoms with Gasteiger partial charge < -0.3 is 20.8 Å². The van der Waals surface area contributed by atoms with Crippen LogP contribution in [0.15, 0.2) is 9.79 Å². The van der Waals surface area contributed by atoms with Gasteiger partial charge in [0.15, 0.2) is 17.5 Å². The summed E-state index contributed by atoms with van der Waals surface area (Å²) in [5, 5.41) is 18.3. The number of carboxylic acids is 2. The van der Waals surface area contributed by atoms with E-state index >= 15 is 0 Å². The lowest BCUT2D eigenvalue weighted by Gasteiger charge is -2.19. The molecular weight excluding hydrogens is 750 g/mol. The number of carbonyl (C=O) groups is 4. The Labute approximate surface area is 278 Å². The maximum Gasteiger partial charge on any atom is 0.338 e. The fourth-order valence-corrected chi connectivity index (χ4v) is 6.89. The van der Waals surface area contributed by atoms with Crippen LogP contribution in [0.3, 0.4) is 0 Å². The summed E-state index contributed by atoms with van der Waals surface area (Å²) < 4.78 is 43.4. The van der Waals surface area contributed by atoms with Crippen molar-refractivity contribution in [2.24, 2.45) is 0 Å². The van der Waals surface area contributed by atoms with Crippen LogP contribution in [0.4, 0.5) is 18.9 Å². The van der Waals surface area contributed by atoms with Crippen LogP contribution in [0.2, 0.25) is 35.2 Å². The van der Waals surface area contributed by atoms with Crippen molar-refractivity contribution in [2.45, 2.75) is 16.7 Å². The largest absolute Gasteiger partial charge is 0.478 e. The van der Waals surface area contributed by atoms with Crippen molar-refractivity contribution in [3.8, 4) is 0 Å². The average Bonchev–Trinajstić information content (AvgIpc) is 2.95. The Hall–Kier alpha value is -2.29. The number of halogens is 10. The number of hydrogen-bond acceptors (Lipinski definition) is 5. The van der Waals surface area contributed by atoms with E-state index in [1.54, 1.807) is 5.32 Å². The molecule has 0 saturated heterocycles. The summed E-state index contributed by atoms with van der Waals surface area (Å²) in [4.78, 5) is 49.0. The molecule has 0 fully saturated rings. The molecule has 0 aliphatic heterocycles. The van der Waals surface area contributed by atoms with Crippen molar-refractivity contribution in [2.75, 3.05) is 12.4 Å². The first-order valence-electron chi connectivity index (χ1n) is 10.8. The highest BCUT2D eigenvalue weighted by Gasteiger charge is 2.34. The van der Waals surface area contributed by atoms with Gasteiger partial charge in [-0.05, 0) is 6.92 Å². The summed E-state index contributed by atoms with van der Waals surface area (Å²) in [6.45, 7) is 0.899. The average molecular weight is 760 g/mol. The van der Waals surface area contributed by atoms with E-state index in [2.05, 4.69) is 5.32 Å². The number of hydrogen-bond donors (Lipinski definition) is 4. The van der Waals surface area contributed by atoms with Gasteiger partial charge in [0, 0.05) is 12.6 Å². The molecule has 4 N–H and O–H groups in total. The van der Waals surface area contributed by atoms with Crippen molar-refractivity contribution in [1.82, 2.24) is 5.32 Å². The minimum Gasteiger partial charge on any atom is -0.478 e. The minimum absolute atomic E-state index is 0.329. The summed E-state index contributed by atoms with van der Waals surface area (Å²) >= 11 is 43.6. The highest BCUT2D eigenvalue weighted by atomic mass is 35.5. The molecule has 43 heavy (non-hydrogen) atoms. The van der Waals surface area contributed by atoms with Gasteiger partial charge in [0.2, 0.25) is 0 Å². The third kappa shape index (κ3) is 6.16. The molecular formula is C24H10Cl7F3N2O6S. The molecule has 0 unspecified atom stereocenters. The quantitative estimate of drug-likeness (QED) is 0.140. The van der Waals surface area contributed by atoms with Gasteiger partial charge in [-0.2, -0.15) is 0 Å². The summed E-state index contributed by atoms with van der Waals surface area (Å²) in [7, 11) is 1.17. The Morgan fingerprint density at radius 2 is 1.02 bits per heavy atom. The van der Waals surface area contributed by atoms with Gasteiger partial charge in [0.1, 0.15) is 10.7 Å². The number of rotatable bonds is 7. The zero-order chi connectivity index (χ0) is 32.8. The van der Waals surface area contributed by atoms with Crippen molar-refractivity contribution in [1.29, 1.82) is 0 Å². The van der Waals surface area contributed by atoms with Gasteiger partial charge in [0.25, 0.3) is 11.8 Å². The molecule has 0 radical (unpaired) electrons. The van der Waals surface area contributed by atoms with E-state index in [0.717, 1.165) is 6.92 Å². The molecule has 0 atom stereocenters. The number of aromatic carboxylic acids is 2. The first kappa shape index (κ1) is 35.2. The molecule has 0 saturated carbocycles. The molecule has 0 heterocycles. The van der Waals surface area contributed by atoms with Crippen molar-refractivity contribution < 1.29 is 42.6 Å². The molecule has 3 rings (SSSR count). The lowest BCUT2D eigenvalue weighted by molar-refractivity contribution is 0.0683. The first-order chi connectivity index (χ1) is 19.9. The molecule has 3 aromatic carbocycles. The molecule has 3 aromatic rings. The van der Waals surface area contributed by atoms with E-state index in [4.69, 9.17) is 81.2 Å². The van der Waals surface area contributed by atoms with Crippen molar-refractivity contribution in [3.63, 3.8) is 0 Å². The Morgan fingerprint density at radius 1 is 0.605 bits per heavy atom. The lowest BCUT2D eigenvalue weighted by atomic mass is 10.1. The maximum atomic E-state index is 14.7. The topological polar surface area (TPSA) is 133 Å². The first-order valence-corrected chi connectivity index (χ1v) is 14.3. The van der Waals surface area contributed by atoms with Crippen LogP contribution in [0.5, 0.6) is 0 Å². The number of amides is 2. The van der Waals surface area contributed by atoms with E-state index < -0.39 is 115 Å². The second-order valence-electron chi connectivity index (χ2n) is 8.04. The molecule has 0 aliphatic rings. The second-order valence-corrected chi connectivity index (χ2v) is 11.7. The smallest absolute Gasteiger partial charge is 0.338 e. The van der Waals surface area contributed by atoms with Crippen LogP contribution in [-0.4, -0.2) is 41.0 Å². The van der Waals surface area contributed by atoms with Gasteiger partial charge >= 0.3 is 11.9 Å². The molecule has 0 bridgehead atoms. The second kappa shape index (κ2) is 13.4. The van der Waals surface area contributed by atoms with Crippen LogP contribution in [-0.2, 0) is 0 Å². The number of carboxylic acid groups (broad SMARTS) is 2. The van der Waals surface area contributed by atoms with Gasteiger partial charge in [-0.1, -0.05) is 93.0 Å². The third-order valence-corrected chi connectivity index (χ3v) is 10.1. The lowest BCUT2D eigenvalue weighted by Crippen LogP contribution is -2.22. The van der Waals surface area contributed by atoms with E-state index in [9.17, 15) is 42.6 Å². The third-order valence-electron chi connectivity index (χ3n) is 5.60. The minimum atomic E-state index is -1.85. The maximum absolute atomic E-state index is 14.7. The van der Waals surface area contributed by atoms with E-state index in [0.29, 0.717) is 11.8 Å². The van der Waals surface area contributed by atoms with Gasteiger partial charge in [-0.3, -0.25) is 9.59 Å². The summed E-state index contributed by atoms with van der Waals surface area (Å²) in [6.07, 6.45) is 0. The Kier molecular flexibility index (Phi) is 10.9. The highest BCUT2D eigenvalue weighted by molar-refractivity contribution is 7.99. The molecule has 8 nitrogen and oxygen atoms in total. The number of carbonyl (C=O) groups excluding carboxylic acids is 2. The van der Waals surface area contributed by atoms with E-state index in [1.807, 2.05) is 0 Å². The Bertz CT molecular complexity index is 1760. The molecule has 2 amide bonds. The fourth-order valence-electron chi connectivity index (χ4n) is 3.55. The summed E-state index contributed by atoms with van der Waals surface area (Å²) in [6, 6.07) is 0. The van der Waals surface area contributed by atoms with E-state index in [-0.39, 0.29) is 4.90 Å². The monoisotopic (exact) mass is 756 g/mol. The van der Waals surface area contributed by atoms with Crippen LogP contribution in [0, 0.1) is 24.4 Å². The highest BCUT2D eigenvalue weighted by Crippen LogP contribution is 2.52. The molecule has 0 spiro atoms. The van der Waals surface area contributed by atoms with Gasteiger partial charge in [-0.25, -0.2) is 22.8 Å². The number of nitrogens with one attached hydrogen (secondary N) is 2. The number of benzene rings is 3. The summed E-state index contributed by atoms with van der Waals surface area (Å²) in [5.41, 5.74) is -5.37. The van der Waals surface area contributed by atoms with Crippen LogP contribution in [0.25, 0.3) is 0 Å². The Morgan fingerprint density at radius 3 is 1.42 bits per heavy atom. The van der Waals surface area contributed by atoms with Crippen LogP contribution >= 0.6 is 93.0 Å². The SMILES string of the molecule is CNC(=O)c1c(Cl)c(Sc2c(Cl)c(Cl)c(C(=O)O)c(C(=O)Nc3c(F)c(C)c(F)c(Cl)c3F)c2Cl)c(Cl)c(Cl)c1C(=O)O. The number of anilines is 1. The molecule has 0 aliphatic carbocycles. The Balaban J connectivity index is 2.34. The predicted octanol–water partition coefficient (Wildman–Crippen LogP) is 9.15. The van der Waals surface area contributed by atoms with Crippen molar-refractivity contribution >= 4 is 122 Å². The van der Waals surface area contributed by atoms with Gasteiger partial charge in [-0.15, -0.1) is 0 Å². The molecule has 0 aromatic heterocycles. The predicted molar refractivity (Wildman–Crippen MR) is 158 cm³/mol. The summed E-state index contributed by atoms with van der Waals surface area (Å²) in [5.74, 6) is -10.8. The van der Waals surface area contributed by atoms with Gasteiger partial charge in [0.05, 0.1) is 62.2 Å². The van der Waals surface area contributed by atoms with Crippen LogP contribution < -0.4 is 10.6 Å². The standard InChI is InChI=1S/C24H10Cl7F3N2O6S/c1-3-15(32)14(31)17(34)18(16(3)33)36-22(38)5-7(24(41)42)9(26)13(30)20(11(5)28)43-19-10(27)4(21(37)35-2)6(23(39)40)8(25)12(19)29/h1-2H3,(H,35,37)(H,36,38)(H,39,40)(H,41,42). The van der Waals surface area contributed by atoms with E-state index in [1.165, 1.54) is 7.05 Å². The molecule has 228 valence electrons. The zero-order valence-electron chi connectivity index (χ0n) is 20.7. The zero-order valence-corrected chi connectivity index (χ0v) is 26.8. The van der Waals surface area contributed by atoms with Crippen molar-refractivity contribution in [3.05, 3.63) is 80.4 Å². The fraction of sp³-hybridized carbons (Fsp3) is 0.0833. The normalized spacial score (nSPS) is 11.0. The van der Waals surface area contributed by atoms with Crippen LogP contribution in [0.1, 0.15) is 47.0 Å². The molecule has 19 heteroatoms.